The summed E-state index contributed by atoms with van der Waals surface area (Å²) in [6.45, 7) is 9.07. The van der Waals surface area contributed by atoms with E-state index in [-0.39, 0.29) is 31.1 Å². The second-order valence-electron chi connectivity index (χ2n) is 21.2. The molecule has 2 atom stereocenters. The molecule has 0 aromatic heterocycles. The fourth-order valence-electron chi connectivity index (χ4n) is 9.42. The number of rotatable bonds is 56. The van der Waals surface area contributed by atoms with E-state index in [1.54, 1.807) is 0 Å². The molecule has 0 amide bonds. The van der Waals surface area contributed by atoms with Gasteiger partial charge in [0.2, 0.25) is 0 Å². The van der Waals surface area contributed by atoms with Gasteiger partial charge in [-0.05, 0) is 25.2 Å². The molecule has 398 valence electrons. The van der Waals surface area contributed by atoms with Crippen molar-refractivity contribution in [3.05, 3.63) is 0 Å². The quantitative estimate of drug-likeness (QED) is 0.0343. The molecule has 0 spiro atoms. The molecule has 67 heavy (non-hydrogen) atoms. The smallest absolute Gasteiger partial charge is 0.306 e. The maximum Gasteiger partial charge on any atom is 0.306 e. The van der Waals surface area contributed by atoms with E-state index in [1.807, 2.05) is 0 Å². The van der Waals surface area contributed by atoms with Gasteiger partial charge in [-0.15, -0.1) is 0 Å². The number of carbonyl (C=O) groups excluding carboxylic acids is 3. The highest BCUT2D eigenvalue weighted by atomic mass is 16.6. The van der Waals surface area contributed by atoms with E-state index in [0.29, 0.717) is 19.3 Å². The van der Waals surface area contributed by atoms with Crippen LogP contribution in [0.15, 0.2) is 0 Å². The lowest BCUT2D eigenvalue weighted by Crippen LogP contribution is -2.30. The van der Waals surface area contributed by atoms with Gasteiger partial charge < -0.3 is 14.2 Å². The van der Waals surface area contributed by atoms with Gasteiger partial charge in [-0.2, -0.15) is 0 Å². The zero-order chi connectivity index (χ0) is 48.8. The highest BCUT2D eigenvalue weighted by Gasteiger charge is 2.19. The van der Waals surface area contributed by atoms with Crippen LogP contribution in [0.2, 0.25) is 0 Å². The van der Waals surface area contributed by atoms with Crippen molar-refractivity contribution < 1.29 is 28.6 Å². The lowest BCUT2D eigenvalue weighted by atomic mass is 9.99. The van der Waals surface area contributed by atoms with Crippen LogP contribution in [0.5, 0.6) is 0 Å². The zero-order valence-corrected chi connectivity index (χ0v) is 45.9. The van der Waals surface area contributed by atoms with E-state index < -0.39 is 6.10 Å². The summed E-state index contributed by atoms with van der Waals surface area (Å²) in [4.78, 5) is 38.2. The third-order valence-corrected chi connectivity index (χ3v) is 14.4. The molecular formula is C61H118O6. The Bertz CT molecular complexity index is 1010. The van der Waals surface area contributed by atoms with E-state index in [9.17, 15) is 14.4 Å². The van der Waals surface area contributed by atoms with Gasteiger partial charge in [0.25, 0.3) is 0 Å². The minimum atomic E-state index is -0.763. The van der Waals surface area contributed by atoms with E-state index >= 15 is 0 Å². The Morgan fingerprint density at radius 3 is 0.776 bits per heavy atom. The molecule has 0 saturated carbocycles. The summed E-state index contributed by atoms with van der Waals surface area (Å²) in [5.74, 6) is 0.00952. The highest BCUT2D eigenvalue weighted by molar-refractivity contribution is 5.71. The molecule has 0 fully saturated rings. The molecule has 0 N–H and O–H groups in total. The normalized spacial score (nSPS) is 12.4. The number of hydrogen-bond donors (Lipinski definition) is 0. The van der Waals surface area contributed by atoms with Crippen molar-refractivity contribution in [1.29, 1.82) is 0 Å². The van der Waals surface area contributed by atoms with Crippen LogP contribution in [0.25, 0.3) is 0 Å². The maximum atomic E-state index is 12.8. The Morgan fingerprint density at radius 1 is 0.299 bits per heavy atom. The zero-order valence-electron chi connectivity index (χ0n) is 45.9. The summed E-state index contributed by atoms with van der Waals surface area (Å²) in [6, 6.07) is 0. The molecule has 0 aliphatic rings. The van der Waals surface area contributed by atoms with Gasteiger partial charge >= 0.3 is 17.9 Å². The van der Waals surface area contributed by atoms with Crippen LogP contribution in [-0.2, 0) is 28.6 Å². The molecule has 0 radical (unpaired) electrons. The maximum absolute atomic E-state index is 12.8. The van der Waals surface area contributed by atoms with Crippen LogP contribution in [-0.4, -0.2) is 37.2 Å². The third-order valence-electron chi connectivity index (χ3n) is 14.4. The number of carbonyl (C=O) groups is 3. The second kappa shape index (κ2) is 55.3. The van der Waals surface area contributed by atoms with Crippen molar-refractivity contribution in [2.45, 2.75) is 355 Å². The van der Waals surface area contributed by atoms with Gasteiger partial charge in [-0.1, -0.05) is 310 Å². The first-order chi connectivity index (χ1) is 32.9. The van der Waals surface area contributed by atoms with Gasteiger partial charge in [-0.25, -0.2) is 0 Å². The molecular weight excluding hydrogens is 829 g/mol. The Hall–Kier alpha value is -1.59. The van der Waals surface area contributed by atoms with E-state index in [0.717, 1.165) is 63.7 Å². The largest absolute Gasteiger partial charge is 0.462 e. The molecule has 6 nitrogen and oxygen atoms in total. The lowest BCUT2D eigenvalue weighted by Gasteiger charge is -2.18. The third kappa shape index (κ3) is 53.6. The lowest BCUT2D eigenvalue weighted by molar-refractivity contribution is -0.167. The van der Waals surface area contributed by atoms with E-state index in [4.69, 9.17) is 14.2 Å². The van der Waals surface area contributed by atoms with Crippen molar-refractivity contribution in [3.8, 4) is 0 Å². The first kappa shape index (κ1) is 65.4. The topological polar surface area (TPSA) is 78.9 Å². The first-order valence-corrected chi connectivity index (χ1v) is 30.4. The predicted octanol–water partition coefficient (Wildman–Crippen LogP) is 20.2. The number of hydrogen-bond acceptors (Lipinski definition) is 6. The molecule has 0 rings (SSSR count). The summed E-state index contributed by atoms with van der Waals surface area (Å²) in [5.41, 5.74) is 0. The van der Waals surface area contributed by atoms with E-state index in [2.05, 4.69) is 27.7 Å². The minimum absolute atomic E-state index is 0.0623. The summed E-state index contributed by atoms with van der Waals surface area (Å²) in [5, 5.41) is 0. The molecule has 0 aliphatic carbocycles. The monoisotopic (exact) mass is 947 g/mol. The van der Waals surface area contributed by atoms with Crippen LogP contribution in [0.1, 0.15) is 349 Å². The molecule has 0 aromatic carbocycles. The molecule has 0 aromatic rings. The molecule has 0 aliphatic heterocycles. The Morgan fingerprint density at radius 2 is 0.522 bits per heavy atom. The predicted molar refractivity (Wildman–Crippen MR) is 289 cm³/mol. The average molecular weight is 948 g/mol. The molecule has 6 heteroatoms. The van der Waals surface area contributed by atoms with Gasteiger partial charge in [0.05, 0.1) is 0 Å². The first-order valence-electron chi connectivity index (χ1n) is 30.4. The SMILES string of the molecule is CCCCCCCCCCCCCCCCCCCCCC(=O)OC[C@@H](COC(=O)CCCCCCCCCCCCCCCCCCCC)OC(=O)CCCCCCCCCCC(C)CC. The number of unbranched alkanes of at least 4 members (excludes halogenated alkanes) is 42. The summed E-state index contributed by atoms with van der Waals surface area (Å²) in [7, 11) is 0. The molecule has 0 bridgehead atoms. The van der Waals surface area contributed by atoms with Crippen molar-refractivity contribution in [3.63, 3.8) is 0 Å². The second-order valence-corrected chi connectivity index (χ2v) is 21.2. The van der Waals surface area contributed by atoms with Crippen molar-refractivity contribution in [2.24, 2.45) is 5.92 Å². The Balaban J connectivity index is 4.24. The van der Waals surface area contributed by atoms with Crippen LogP contribution in [0, 0.1) is 5.92 Å². The fourth-order valence-corrected chi connectivity index (χ4v) is 9.42. The van der Waals surface area contributed by atoms with Crippen LogP contribution < -0.4 is 0 Å². The average Bonchev–Trinajstić information content (AvgIpc) is 3.33. The summed E-state index contributed by atoms with van der Waals surface area (Å²) < 4.78 is 16.9. The fraction of sp³-hybridized carbons (Fsp3) is 0.951. The van der Waals surface area contributed by atoms with Gasteiger partial charge in [0.15, 0.2) is 6.10 Å². The van der Waals surface area contributed by atoms with Gasteiger partial charge in [0, 0.05) is 19.3 Å². The highest BCUT2D eigenvalue weighted by Crippen LogP contribution is 2.19. The molecule has 0 saturated heterocycles. The Labute approximate surface area is 418 Å². The van der Waals surface area contributed by atoms with Crippen molar-refractivity contribution in [2.75, 3.05) is 13.2 Å². The van der Waals surface area contributed by atoms with Crippen LogP contribution in [0.3, 0.4) is 0 Å². The Kier molecular flexibility index (Phi) is 54.0. The van der Waals surface area contributed by atoms with Crippen molar-refractivity contribution >= 4 is 17.9 Å². The minimum Gasteiger partial charge on any atom is -0.462 e. The molecule has 0 heterocycles. The van der Waals surface area contributed by atoms with Gasteiger partial charge in [0.1, 0.15) is 13.2 Å². The van der Waals surface area contributed by atoms with Crippen LogP contribution >= 0.6 is 0 Å². The summed E-state index contributed by atoms with van der Waals surface area (Å²) in [6.07, 6.45) is 61.0. The van der Waals surface area contributed by atoms with Crippen LogP contribution in [0.4, 0.5) is 0 Å². The summed E-state index contributed by atoms with van der Waals surface area (Å²) >= 11 is 0. The molecule has 1 unspecified atom stereocenters. The standard InChI is InChI=1S/C61H118O6/c1-5-8-10-12-14-16-18-20-22-24-26-28-30-32-34-36-41-45-49-53-60(63)66-56-58(67-61(64)54-50-46-42-38-37-39-43-47-51-57(4)7-3)55-65-59(62)52-48-44-40-35-33-31-29-27-25-23-21-19-17-15-13-11-9-6-2/h57-58H,5-56H2,1-4H3/t57?,58-/m1/s1. The number of ether oxygens (including phenoxy) is 3. The van der Waals surface area contributed by atoms with E-state index in [1.165, 1.54) is 244 Å². The number of esters is 3. The van der Waals surface area contributed by atoms with Crippen molar-refractivity contribution in [1.82, 2.24) is 0 Å². The van der Waals surface area contributed by atoms with Gasteiger partial charge in [-0.3, -0.25) is 14.4 Å².